The van der Waals surface area contributed by atoms with E-state index in [4.69, 9.17) is 4.74 Å². The first-order chi connectivity index (χ1) is 11.2. The van der Waals surface area contributed by atoms with Gasteiger partial charge in [-0.25, -0.2) is 13.9 Å². The van der Waals surface area contributed by atoms with Crippen LogP contribution in [0.4, 0.5) is 15.9 Å². The Morgan fingerprint density at radius 3 is 2.87 bits per heavy atom. The largest absolute Gasteiger partial charge is 0.467 e. The molecule has 0 saturated carbocycles. The van der Waals surface area contributed by atoms with E-state index in [0.717, 1.165) is 15.9 Å². The van der Waals surface area contributed by atoms with Crippen LogP contribution in [-0.2, 0) is 22.5 Å². The van der Waals surface area contributed by atoms with Crippen molar-refractivity contribution in [1.82, 2.24) is 9.78 Å². The second kappa shape index (κ2) is 6.20. The van der Waals surface area contributed by atoms with Crippen molar-refractivity contribution in [3.63, 3.8) is 0 Å². The zero-order valence-corrected chi connectivity index (χ0v) is 12.6. The third-order valence-electron chi connectivity index (χ3n) is 3.85. The molecule has 1 aromatic heterocycles. The van der Waals surface area contributed by atoms with Crippen LogP contribution in [0.5, 0.6) is 0 Å². The summed E-state index contributed by atoms with van der Waals surface area (Å²) in [5.41, 5.74) is 1.45. The first-order valence-corrected chi connectivity index (χ1v) is 7.25. The van der Waals surface area contributed by atoms with Crippen molar-refractivity contribution >= 4 is 17.5 Å². The normalized spacial score (nSPS) is 16.3. The van der Waals surface area contributed by atoms with Gasteiger partial charge in [-0.05, 0) is 17.7 Å². The minimum atomic E-state index is -0.687. The minimum absolute atomic E-state index is 0.120. The van der Waals surface area contributed by atoms with Crippen molar-refractivity contribution in [2.75, 3.05) is 18.7 Å². The number of ether oxygens (including phenoxy) is 1. The van der Waals surface area contributed by atoms with Gasteiger partial charge >= 0.3 is 5.97 Å². The minimum Gasteiger partial charge on any atom is -0.467 e. The number of benzene rings is 1. The maximum atomic E-state index is 12.6. The zero-order valence-electron chi connectivity index (χ0n) is 12.6. The van der Waals surface area contributed by atoms with Crippen molar-refractivity contribution in [2.24, 2.45) is 0 Å². The number of methoxy groups -OCH3 is 1. The van der Waals surface area contributed by atoms with E-state index in [1.165, 1.54) is 19.2 Å². The molecule has 1 aliphatic heterocycles. The fraction of sp³-hybridized carbons (Fsp3) is 0.312. The van der Waals surface area contributed by atoms with Crippen LogP contribution in [0, 0.1) is 0 Å². The summed E-state index contributed by atoms with van der Waals surface area (Å²) in [5.74, 6) is 0.0321. The third-order valence-corrected chi connectivity index (χ3v) is 3.85. The molecule has 0 amide bonds. The van der Waals surface area contributed by atoms with Crippen LogP contribution in [0.2, 0.25) is 0 Å². The number of para-hydroxylation sites is 1. The van der Waals surface area contributed by atoms with Crippen LogP contribution in [0.25, 0.3) is 0 Å². The number of esters is 1. The predicted molar refractivity (Wildman–Crippen MR) is 82.6 cm³/mol. The number of rotatable bonds is 4. The van der Waals surface area contributed by atoms with E-state index in [1.54, 1.807) is 4.90 Å². The SMILES string of the molecule is COC(=O)[C@@H]1Cc2ccccc2N1c1ccc(=O)n(CCF)n1. The van der Waals surface area contributed by atoms with Gasteiger partial charge in [0, 0.05) is 18.2 Å². The number of aryl methyl sites for hydroxylation is 1. The van der Waals surface area contributed by atoms with Gasteiger partial charge in [0.2, 0.25) is 0 Å². The van der Waals surface area contributed by atoms with Crippen molar-refractivity contribution in [2.45, 2.75) is 19.0 Å². The lowest BCUT2D eigenvalue weighted by atomic mass is 10.1. The van der Waals surface area contributed by atoms with Crippen molar-refractivity contribution in [3.8, 4) is 0 Å². The van der Waals surface area contributed by atoms with Crippen LogP contribution in [0.1, 0.15) is 5.56 Å². The lowest BCUT2D eigenvalue weighted by Crippen LogP contribution is -2.38. The van der Waals surface area contributed by atoms with E-state index in [9.17, 15) is 14.0 Å². The maximum Gasteiger partial charge on any atom is 0.329 e. The van der Waals surface area contributed by atoms with Gasteiger partial charge < -0.3 is 9.64 Å². The van der Waals surface area contributed by atoms with E-state index in [0.29, 0.717) is 12.2 Å². The van der Waals surface area contributed by atoms with E-state index in [2.05, 4.69) is 5.10 Å². The predicted octanol–water partition coefficient (Wildman–Crippen LogP) is 1.45. The summed E-state index contributed by atoms with van der Waals surface area (Å²) in [5, 5.41) is 4.19. The lowest BCUT2D eigenvalue weighted by molar-refractivity contribution is -0.141. The van der Waals surface area contributed by atoms with Gasteiger partial charge in [0.25, 0.3) is 5.56 Å². The molecule has 0 saturated heterocycles. The molecule has 0 spiro atoms. The van der Waals surface area contributed by atoms with E-state index >= 15 is 0 Å². The first kappa shape index (κ1) is 15.2. The summed E-state index contributed by atoms with van der Waals surface area (Å²) in [7, 11) is 1.33. The molecule has 23 heavy (non-hydrogen) atoms. The molecule has 0 unspecified atom stereocenters. The highest BCUT2D eigenvalue weighted by Gasteiger charge is 2.37. The zero-order chi connectivity index (χ0) is 16.4. The van der Waals surface area contributed by atoms with Crippen LogP contribution in [0.15, 0.2) is 41.2 Å². The number of carbonyl (C=O) groups is 1. The van der Waals surface area contributed by atoms with Crippen molar-refractivity contribution < 1.29 is 13.9 Å². The summed E-state index contributed by atoms with van der Waals surface area (Å²) < 4.78 is 18.5. The standard InChI is InChI=1S/C16H16FN3O3/c1-23-16(22)13-10-11-4-2-3-5-12(11)20(13)14-6-7-15(21)19(18-14)9-8-17/h2-7,13H,8-10H2,1H3/t13-/m0/s1. The molecular formula is C16H16FN3O3. The van der Waals surface area contributed by atoms with Gasteiger partial charge in [0.15, 0.2) is 5.82 Å². The number of nitrogens with zero attached hydrogens (tertiary/aromatic N) is 3. The number of halogens is 1. The van der Waals surface area contributed by atoms with Crippen molar-refractivity contribution in [3.05, 3.63) is 52.3 Å². The molecule has 0 fully saturated rings. The Bertz CT molecular complexity index is 790. The lowest BCUT2D eigenvalue weighted by Gasteiger charge is -2.24. The fourth-order valence-corrected chi connectivity index (χ4v) is 2.80. The highest BCUT2D eigenvalue weighted by atomic mass is 19.1. The quantitative estimate of drug-likeness (QED) is 0.799. The van der Waals surface area contributed by atoms with Gasteiger partial charge in [-0.15, -0.1) is 0 Å². The Morgan fingerprint density at radius 2 is 2.13 bits per heavy atom. The number of anilines is 2. The maximum absolute atomic E-state index is 12.6. The Kier molecular flexibility index (Phi) is 4.10. The van der Waals surface area contributed by atoms with Crippen LogP contribution in [0.3, 0.4) is 0 Å². The Hall–Kier alpha value is -2.70. The second-order valence-corrected chi connectivity index (χ2v) is 5.18. The number of carbonyl (C=O) groups excluding carboxylic acids is 1. The Balaban J connectivity index is 2.09. The average molecular weight is 317 g/mol. The van der Waals surface area contributed by atoms with Crippen molar-refractivity contribution in [1.29, 1.82) is 0 Å². The third kappa shape index (κ3) is 2.69. The van der Waals surface area contributed by atoms with Gasteiger partial charge in [0.1, 0.15) is 12.7 Å². The molecule has 6 nitrogen and oxygen atoms in total. The summed E-state index contributed by atoms with van der Waals surface area (Å²) in [6.45, 7) is -0.807. The molecule has 1 aliphatic rings. The monoisotopic (exact) mass is 317 g/mol. The van der Waals surface area contributed by atoms with Crippen LogP contribution >= 0.6 is 0 Å². The topological polar surface area (TPSA) is 64.4 Å². The molecule has 1 aromatic carbocycles. The molecule has 2 heterocycles. The molecule has 2 aromatic rings. The number of aromatic nitrogens is 2. The Morgan fingerprint density at radius 1 is 1.35 bits per heavy atom. The van der Waals surface area contributed by atoms with Crippen LogP contribution < -0.4 is 10.5 Å². The summed E-state index contributed by atoms with van der Waals surface area (Å²) in [6.07, 6.45) is 0.493. The number of hydrogen-bond donors (Lipinski definition) is 0. The van der Waals surface area contributed by atoms with Gasteiger partial charge in [-0.2, -0.15) is 5.10 Å². The number of hydrogen-bond acceptors (Lipinski definition) is 5. The van der Waals surface area contributed by atoms with E-state index < -0.39 is 12.7 Å². The molecule has 0 aliphatic carbocycles. The molecule has 120 valence electrons. The van der Waals surface area contributed by atoms with E-state index in [-0.39, 0.29) is 18.1 Å². The molecule has 0 radical (unpaired) electrons. The molecule has 1 atom stereocenters. The first-order valence-electron chi connectivity index (χ1n) is 7.25. The molecule has 7 heteroatoms. The fourth-order valence-electron chi connectivity index (χ4n) is 2.80. The Labute approximate surface area is 132 Å². The smallest absolute Gasteiger partial charge is 0.329 e. The molecule has 3 rings (SSSR count). The summed E-state index contributed by atoms with van der Waals surface area (Å²) in [6, 6.07) is 9.88. The number of alkyl halides is 1. The molecule has 0 N–H and O–H groups in total. The van der Waals surface area contributed by atoms with Gasteiger partial charge in [0.05, 0.1) is 13.7 Å². The number of fused-ring (bicyclic) bond motifs is 1. The highest BCUT2D eigenvalue weighted by molar-refractivity contribution is 5.87. The molecular weight excluding hydrogens is 301 g/mol. The highest BCUT2D eigenvalue weighted by Crippen LogP contribution is 2.37. The van der Waals surface area contributed by atoms with Gasteiger partial charge in [-0.3, -0.25) is 4.79 Å². The second-order valence-electron chi connectivity index (χ2n) is 5.18. The summed E-state index contributed by atoms with van der Waals surface area (Å²) in [4.78, 5) is 25.6. The van der Waals surface area contributed by atoms with Crippen LogP contribution in [-0.4, -0.2) is 35.6 Å². The average Bonchev–Trinajstić information content (AvgIpc) is 2.96. The van der Waals surface area contributed by atoms with Gasteiger partial charge in [-0.1, -0.05) is 18.2 Å². The molecule has 0 bridgehead atoms. The summed E-state index contributed by atoms with van der Waals surface area (Å²) >= 11 is 0. The van der Waals surface area contributed by atoms with E-state index in [1.807, 2.05) is 24.3 Å².